The number of rotatable bonds is 3. The summed E-state index contributed by atoms with van der Waals surface area (Å²) >= 11 is 0. The van der Waals surface area contributed by atoms with Crippen molar-refractivity contribution in [2.75, 3.05) is 0 Å². The van der Waals surface area contributed by atoms with Gasteiger partial charge >= 0.3 is 5.97 Å². The Morgan fingerprint density at radius 3 is 2.50 bits per heavy atom. The molecule has 3 aromatic rings. The van der Waals surface area contributed by atoms with E-state index in [0.717, 1.165) is 5.56 Å². The van der Waals surface area contributed by atoms with Gasteiger partial charge in [-0.2, -0.15) is 0 Å². The van der Waals surface area contributed by atoms with Crippen LogP contribution < -0.4 is 0 Å². The molecule has 108 valence electrons. The van der Waals surface area contributed by atoms with Crippen molar-refractivity contribution >= 4 is 22.6 Å². The minimum Gasteiger partial charge on any atom is -0.478 e. The van der Waals surface area contributed by atoms with E-state index in [0.29, 0.717) is 11.2 Å². The quantitative estimate of drug-likeness (QED) is 0.588. The van der Waals surface area contributed by atoms with Crippen LogP contribution in [0.1, 0.15) is 10.4 Å². The molecule has 0 fully saturated rings. The van der Waals surface area contributed by atoms with Crippen molar-refractivity contribution in [1.29, 1.82) is 0 Å². The molecule has 1 N–H and O–H groups in total. The Bertz CT molecular complexity index is 894. The molecule has 1 aromatic carbocycles. The zero-order valence-electron chi connectivity index (χ0n) is 11.1. The van der Waals surface area contributed by atoms with E-state index in [9.17, 15) is 20.0 Å². The maximum Gasteiger partial charge on any atom is 0.336 e. The van der Waals surface area contributed by atoms with E-state index in [1.807, 2.05) is 0 Å². The van der Waals surface area contributed by atoms with E-state index >= 15 is 0 Å². The number of nitro benzene ring substituents is 1. The van der Waals surface area contributed by atoms with Gasteiger partial charge in [0, 0.05) is 35.5 Å². The standard InChI is InChI=1S/C15H9N3O4/c19-15(20)12-8-14(9-3-5-16-6-4-9)17-13-2-1-10(18(21)22)7-11(12)13/h1-8H,(H,19,20). The van der Waals surface area contributed by atoms with Crippen molar-refractivity contribution in [1.82, 2.24) is 9.97 Å². The summed E-state index contributed by atoms with van der Waals surface area (Å²) in [6, 6.07) is 8.81. The van der Waals surface area contributed by atoms with E-state index in [4.69, 9.17) is 0 Å². The average Bonchev–Trinajstić information content (AvgIpc) is 2.53. The summed E-state index contributed by atoms with van der Waals surface area (Å²) in [6.07, 6.45) is 3.16. The molecule has 0 atom stereocenters. The van der Waals surface area contributed by atoms with Crippen LogP contribution in [-0.2, 0) is 0 Å². The third kappa shape index (κ3) is 2.35. The maximum absolute atomic E-state index is 11.5. The molecule has 0 radical (unpaired) electrons. The van der Waals surface area contributed by atoms with Crippen LogP contribution in [0.5, 0.6) is 0 Å². The summed E-state index contributed by atoms with van der Waals surface area (Å²) in [5.74, 6) is -1.16. The predicted octanol–water partition coefficient (Wildman–Crippen LogP) is 2.90. The van der Waals surface area contributed by atoms with E-state index in [1.54, 1.807) is 24.5 Å². The molecule has 22 heavy (non-hydrogen) atoms. The first kappa shape index (κ1) is 13.6. The Hall–Kier alpha value is -3.35. The van der Waals surface area contributed by atoms with Crippen LogP contribution in [0.15, 0.2) is 48.8 Å². The first-order valence-corrected chi connectivity index (χ1v) is 6.29. The highest BCUT2D eigenvalue weighted by Gasteiger charge is 2.16. The van der Waals surface area contributed by atoms with E-state index in [2.05, 4.69) is 9.97 Å². The van der Waals surface area contributed by atoms with Crippen molar-refractivity contribution in [2.24, 2.45) is 0 Å². The Kier molecular flexibility index (Phi) is 3.23. The van der Waals surface area contributed by atoms with Gasteiger partial charge in [-0.25, -0.2) is 9.78 Å². The molecule has 0 saturated heterocycles. The summed E-state index contributed by atoms with van der Waals surface area (Å²) in [5.41, 5.74) is 1.38. The fourth-order valence-electron chi connectivity index (χ4n) is 2.17. The van der Waals surface area contributed by atoms with Crippen LogP contribution in [0.2, 0.25) is 0 Å². The molecule has 7 heteroatoms. The number of aromatic carboxylic acids is 1. The normalized spacial score (nSPS) is 10.5. The number of carboxylic acid groups (broad SMARTS) is 1. The number of aromatic nitrogens is 2. The fourth-order valence-corrected chi connectivity index (χ4v) is 2.17. The number of pyridine rings is 2. The van der Waals surface area contributed by atoms with Gasteiger partial charge in [-0.15, -0.1) is 0 Å². The lowest BCUT2D eigenvalue weighted by atomic mass is 10.0. The molecule has 0 saturated carbocycles. The number of hydrogen-bond donors (Lipinski definition) is 1. The van der Waals surface area contributed by atoms with Gasteiger partial charge < -0.3 is 5.11 Å². The molecular weight excluding hydrogens is 286 g/mol. The van der Waals surface area contributed by atoms with Gasteiger partial charge in [-0.05, 0) is 24.3 Å². The molecule has 0 aliphatic carbocycles. The van der Waals surface area contributed by atoms with Crippen molar-refractivity contribution in [2.45, 2.75) is 0 Å². The number of non-ortho nitro benzene ring substituents is 1. The summed E-state index contributed by atoms with van der Waals surface area (Å²) in [4.78, 5) is 30.0. The van der Waals surface area contributed by atoms with Crippen molar-refractivity contribution in [3.63, 3.8) is 0 Å². The third-order valence-corrected chi connectivity index (χ3v) is 3.21. The lowest BCUT2D eigenvalue weighted by Gasteiger charge is -2.07. The highest BCUT2D eigenvalue weighted by Crippen LogP contribution is 2.27. The summed E-state index contributed by atoms with van der Waals surface area (Å²) < 4.78 is 0. The van der Waals surface area contributed by atoms with Crippen LogP contribution in [0.3, 0.4) is 0 Å². The lowest BCUT2D eigenvalue weighted by molar-refractivity contribution is -0.384. The van der Waals surface area contributed by atoms with Crippen molar-refractivity contribution in [3.8, 4) is 11.3 Å². The van der Waals surface area contributed by atoms with Gasteiger partial charge in [0.05, 0.1) is 21.7 Å². The number of fused-ring (bicyclic) bond motifs is 1. The third-order valence-electron chi connectivity index (χ3n) is 3.21. The van der Waals surface area contributed by atoms with Gasteiger partial charge in [-0.1, -0.05) is 0 Å². The van der Waals surface area contributed by atoms with Crippen molar-refractivity contribution in [3.05, 3.63) is 64.5 Å². The SMILES string of the molecule is O=C(O)c1cc(-c2ccncc2)nc2ccc([N+](=O)[O-])cc12. The second-order valence-corrected chi connectivity index (χ2v) is 4.55. The van der Waals surface area contributed by atoms with Gasteiger partial charge in [0.2, 0.25) is 0 Å². The number of carboxylic acids is 1. The zero-order valence-corrected chi connectivity index (χ0v) is 11.1. The van der Waals surface area contributed by atoms with Gasteiger partial charge in [0.25, 0.3) is 5.69 Å². The molecular formula is C15H9N3O4. The van der Waals surface area contributed by atoms with Gasteiger partial charge in [0.15, 0.2) is 0 Å². The van der Waals surface area contributed by atoms with Crippen LogP contribution in [-0.4, -0.2) is 26.0 Å². The van der Waals surface area contributed by atoms with Gasteiger partial charge in [0.1, 0.15) is 0 Å². The van der Waals surface area contributed by atoms with E-state index in [1.165, 1.54) is 24.3 Å². The maximum atomic E-state index is 11.5. The largest absolute Gasteiger partial charge is 0.478 e. The van der Waals surface area contributed by atoms with Crippen molar-refractivity contribution < 1.29 is 14.8 Å². The zero-order chi connectivity index (χ0) is 15.7. The molecule has 0 aliphatic rings. The Morgan fingerprint density at radius 1 is 1.14 bits per heavy atom. The fraction of sp³-hybridized carbons (Fsp3) is 0. The number of hydrogen-bond acceptors (Lipinski definition) is 5. The first-order chi connectivity index (χ1) is 10.6. The Morgan fingerprint density at radius 2 is 1.86 bits per heavy atom. The molecule has 0 aliphatic heterocycles. The second kappa shape index (κ2) is 5.21. The summed E-state index contributed by atoms with van der Waals surface area (Å²) in [7, 11) is 0. The monoisotopic (exact) mass is 295 g/mol. The number of benzene rings is 1. The summed E-state index contributed by atoms with van der Waals surface area (Å²) in [6.45, 7) is 0. The highest BCUT2D eigenvalue weighted by atomic mass is 16.6. The lowest BCUT2D eigenvalue weighted by Crippen LogP contribution is -2.01. The number of nitro groups is 1. The summed E-state index contributed by atoms with van der Waals surface area (Å²) in [5, 5.41) is 20.5. The smallest absolute Gasteiger partial charge is 0.336 e. The molecule has 3 rings (SSSR count). The minimum absolute atomic E-state index is 0.0273. The van der Waals surface area contributed by atoms with E-state index < -0.39 is 10.9 Å². The topological polar surface area (TPSA) is 106 Å². The van der Waals surface area contributed by atoms with Crippen LogP contribution in [0.4, 0.5) is 5.69 Å². The molecule has 7 nitrogen and oxygen atoms in total. The Balaban J connectivity index is 2.30. The molecule has 0 unspecified atom stereocenters. The first-order valence-electron chi connectivity index (χ1n) is 6.29. The second-order valence-electron chi connectivity index (χ2n) is 4.55. The van der Waals surface area contributed by atoms with Crippen LogP contribution in [0.25, 0.3) is 22.2 Å². The minimum atomic E-state index is -1.16. The predicted molar refractivity (Wildman–Crippen MR) is 78.6 cm³/mol. The number of nitrogens with zero attached hydrogens (tertiary/aromatic N) is 3. The Labute approximate surface area is 124 Å². The molecule has 2 aromatic heterocycles. The number of carbonyl (C=O) groups is 1. The van der Waals surface area contributed by atoms with Gasteiger partial charge in [-0.3, -0.25) is 15.1 Å². The highest BCUT2D eigenvalue weighted by molar-refractivity contribution is 6.04. The molecule has 0 spiro atoms. The average molecular weight is 295 g/mol. The van der Waals surface area contributed by atoms with E-state index in [-0.39, 0.29) is 16.6 Å². The molecule has 0 amide bonds. The molecule has 2 heterocycles. The molecule has 0 bridgehead atoms. The van der Waals surface area contributed by atoms with Crippen LogP contribution >= 0.6 is 0 Å². The van der Waals surface area contributed by atoms with Crippen LogP contribution in [0, 0.1) is 10.1 Å².